The van der Waals surface area contributed by atoms with Gasteiger partial charge in [0.05, 0.1) is 19.3 Å². The highest BCUT2D eigenvalue weighted by Crippen LogP contribution is 2.63. The van der Waals surface area contributed by atoms with Crippen LogP contribution < -0.4 is 4.74 Å². The van der Waals surface area contributed by atoms with Crippen molar-refractivity contribution in [3.05, 3.63) is 40.9 Å². The smallest absolute Gasteiger partial charge is 0.339 e. The van der Waals surface area contributed by atoms with Gasteiger partial charge in [0.2, 0.25) is 0 Å². The third-order valence-corrected chi connectivity index (χ3v) is 10.0. The molecule has 1 heterocycles. The second-order valence-corrected chi connectivity index (χ2v) is 12.2. The van der Waals surface area contributed by atoms with E-state index >= 15 is 0 Å². The molecule has 5 nitrogen and oxygen atoms in total. The van der Waals surface area contributed by atoms with Crippen molar-refractivity contribution in [2.75, 3.05) is 13.2 Å². The Hall–Kier alpha value is -1.56. The van der Waals surface area contributed by atoms with Crippen molar-refractivity contribution in [2.45, 2.75) is 84.0 Å². The Morgan fingerprint density at radius 3 is 2.71 bits per heavy atom. The summed E-state index contributed by atoms with van der Waals surface area (Å²) in [5.41, 5.74) is 1.54. The van der Waals surface area contributed by atoms with E-state index in [0.717, 1.165) is 38.7 Å². The summed E-state index contributed by atoms with van der Waals surface area (Å²) in [6.07, 6.45) is 10.4. The highest BCUT2D eigenvalue weighted by atomic mass is 35.5. The highest BCUT2D eigenvalue weighted by molar-refractivity contribution is 6.30. The molecular weight excluding hydrogens is 464 g/mol. The maximum atomic E-state index is 11.6. The van der Waals surface area contributed by atoms with Gasteiger partial charge in [-0.2, -0.15) is 0 Å². The number of hydrogen-bond donors (Lipinski definition) is 1. The minimum atomic E-state index is -1.01. The molecule has 6 heteroatoms. The van der Waals surface area contributed by atoms with Crippen LogP contribution in [0.4, 0.5) is 0 Å². The van der Waals surface area contributed by atoms with Crippen molar-refractivity contribution < 1.29 is 24.1 Å². The molecule has 0 radical (unpaired) electrons. The molecule has 35 heavy (non-hydrogen) atoms. The quantitative estimate of drug-likeness (QED) is 0.419. The summed E-state index contributed by atoms with van der Waals surface area (Å²) >= 11 is 6.11. The third kappa shape index (κ3) is 4.53. The molecule has 0 bridgehead atoms. The largest absolute Gasteiger partial charge is 0.493 e. The fourth-order valence-corrected chi connectivity index (χ4v) is 8.10. The molecule has 5 rings (SSSR count). The van der Waals surface area contributed by atoms with Gasteiger partial charge in [0.25, 0.3) is 0 Å². The first-order valence-electron chi connectivity index (χ1n) is 13.3. The first-order chi connectivity index (χ1) is 16.7. The predicted octanol–water partition coefficient (Wildman–Crippen LogP) is 7.13. The molecule has 0 aromatic heterocycles. The number of fused-ring (bicyclic) bond motifs is 3. The molecule has 1 aromatic rings. The monoisotopic (exact) mass is 502 g/mol. The van der Waals surface area contributed by atoms with Gasteiger partial charge in [-0.25, -0.2) is 4.79 Å². The second kappa shape index (κ2) is 9.72. The summed E-state index contributed by atoms with van der Waals surface area (Å²) in [6, 6.07) is 4.67. The zero-order valence-corrected chi connectivity index (χ0v) is 21.8. The van der Waals surface area contributed by atoms with Gasteiger partial charge < -0.3 is 19.3 Å². The Morgan fingerprint density at radius 1 is 1.20 bits per heavy atom. The number of allylic oxidation sites excluding steroid dienone is 1. The van der Waals surface area contributed by atoms with Crippen molar-refractivity contribution in [3.63, 3.8) is 0 Å². The number of aromatic carboxylic acids is 1. The van der Waals surface area contributed by atoms with Gasteiger partial charge in [0, 0.05) is 16.4 Å². The molecule has 3 aliphatic carbocycles. The molecule has 2 unspecified atom stereocenters. The predicted molar refractivity (Wildman–Crippen MR) is 136 cm³/mol. The van der Waals surface area contributed by atoms with Crippen molar-refractivity contribution in [2.24, 2.45) is 28.6 Å². The molecule has 192 valence electrons. The van der Waals surface area contributed by atoms with E-state index in [-0.39, 0.29) is 28.8 Å². The topological polar surface area (TPSA) is 65.0 Å². The molecule has 3 saturated carbocycles. The van der Waals surface area contributed by atoms with Crippen LogP contribution in [0.25, 0.3) is 0 Å². The number of rotatable bonds is 6. The number of carbonyl (C=O) groups is 1. The van der Waals surface area contributed by atoms with Crippen molar-refractivity contribution >= 4 is 17.6 Å². The third-order valence-electron chi connectivity index (χ3n) is 9.80. The van der Waals surface area contributed by atoms with Crippen LogP contribution in [0.1, 0.15) is 82.0 Å². The van der Waals surface area contributed by atoms with Crippen LogP contribution in [-0.4, -0.2) is 36.7 Å². The number of hydrogen-bond acceptors (Lipinski definition) is 4. The zero-order chi connectivity index (χ0) is 24.8. The molecular formula is C29H39ClO5. The summed E-state index contributed by atoms with van der Waals surface area (Å²) in [5, 5.41) is 9.98. The number of carboxylic acids is 1. The van der Waals surface area contributed by atoms with Crippen molar-refractivity contribution in [1.82, 2.24) is 0 Å². The van der Waals surface area contributed by atoms with E-state index < -0.39 is 5.97 Å². The van der Waals surface area contributed by atoms with E-state index in [1.54, 1.807) is 12.1 Å². The van der Waals surface area contributed by atoms with Gasteiger partial charge in [0.15, 0.2) is 6.29 Å². The van der Waals surface area contributed by atoms with E-state index in [1.165, 1.54) is 37.3 Å². The van der Waals surface area contributed by atoms with Crippen LogP contribution in [0.3, 0.4) is 0 Å². The first-order valence-corrected chi connectivity index (χ1v) is 13.7. The van der Waals surface area contributed by atoms with Crippen LogP contribution in [0.15, 0.2) is 30.4 Å². The van der Waals surface area contributed by atoms with Crippen LogP contribution in [-0.2, 0) is 9.47 Å². The van der Waals surface area contributed by atoms with Crippen LogP contribution >= 0.6 is 11.6 Å². The Bertz CT molecular complexity index is 972. The molecule has 6 atom stereocenters. The zero-order valence-electron chi connectivity index (χ0n) is 21.1. The van der Waals surface area contributed by atoms with E-state index in [9.17, 15) is 9.90 Å². The Balaban J connectivity index is 1.29. The number of benzene rings is 1. The molecule has 0 amide bonds. The fraction of sp³-hybridized carbons (Fsp3) is 0.690. The molecule has 1 aromatic carbocycles. The van der Waals surface area contributed by atoms with Gasteiger partial charge in [0.1, 0.15) is 11.3 Å². The van der Waals surface area contributed by atoms with Gasteiger partial charge in [-0.05, 0) is 80.4 Å². The van der Waals surface area contributed by atoms with Gasteiger partial charge in [-0.15, -0.1) is 0 Å². The van der Waals surface area contributed by atoms with E-state index in [2.05, 4.69) is 20.4 Å². The van der Waals surface area contributed by atoms with Crippen LogP contribution in [0.2, 0.25) is 5.02 Å². The Morgan fingerprint density at radius 2 is 1.97 bits per heavy atom. The summed E-state index contributed by atoms with van der Waals surface area (Å²) in [5.74, 6) is 0.695. The van der Waals surface area contributed by atoms with Gasteiger partial charge >= 0.3 is 5.97 Å². The molecule has 1 N–H and O–H groups in total. The number of halogens is 1. The van der Waals surface area contributed by atoms with Gasteiger partial charge in [-0.3, -0.25) is 0 Å². The molecule has 1 saturated heterocycles. The van der Waals surface area contributed by atoms with Gasteiger partial charge in [-0.1, -0.05) is 50.4 Å². The van der Waals surface area contributed by atoms with E-state index in [4.69, 9.17) is 25.8 Å². The fourth-order valence-electron chi connectivity index (χ4n) is 7.94. The molecule has 4 aliphatic rings. The van der Waals surface area contributed by atoms with Crippen molar-refractivity contribution in [1.29, 1.82) is 0 Å². The Kier molecular flexibility index (Phi) is 6.97. The molecule has 1 aliphatic heterocycles. The minimum absolute atomic E-state index is 0.00530. The average Bonchev–Trinajstić information content (AvgIpc) is 3.35. The average molecular weight is 503 g/mol. The lowest BCUT2D eigenvalue weighted by Crippen LogP contribution is -2.62. The summed E-state index contributed by atoms with van der Waals surface area (Å²) in [7, 11) is 0. The van der Waals surface area contributed by atoms with Crippen molar-refractivity contribution in [3.8, 4) is 5.75 Å². The summed E-state index contributed by atoms with van der Waals surface area (Å²) < 4.78 is 19.1. The Labute approximate surface area is 214 Å². The highest BCUT2D eigenvalue weighted by Gasteiger charge is 2.60. The summed E-state index contributed by atoms with van der Waals surface area (Å²) in [6.45, 7) is 10.5. The maximum Gasteiger partial charge on any atom is 0.339 e. The molecule has 0 spiro atoms. The maximum absolute atomic E-state index is 11.6. The first kappa shape index (κ1) is 25.1. The SMILES string of the molecule is C=C1CCC2[C@]3(C)COC(C4CCCC4)O[C@@H]3CC[C@@]2(C)[C@@H]1CCOc1cc(Cl)ccc1C(=O)O. The number of carboxylic acid groups (broad SMARTS) is 1. The van der Waals surface area contributed by atoms with Crippen LogP contribution in [0.5, 0.6) is 5.75 Å². The second-order valence-electron chi connectivity index (χ2n) is 11.8. The summed E-state index contributed by atoms with van der Waals surface area (Å²) in [4.78, 5) is 11.6. The molecule has 4 fully saturated rings. The van der Waals surface area contributed by atoms with Crippen LogP contribution in [0, 0.1) is 28.6 Å². The lowest BCUT2D eigenvalue weighted by molar-refractivity contribution is -0.316. The standard InChI is InChI=1S/C29H39ClO5/c1-18-8-11-24-28(2,22(18)13-15-33-23-16-20(30)9-10-21(23)26(31)32)14-12-25-29(24,3)17-34-27(35-25)19-6-4-5-7-19/h9-10,16,19,22,24-25,27H,1,4-8,11-15,17H2,2-3H3,(H,31,32)/t22-,24?,25-,27?,28+,29+/m1/s1. The normalized spacial score (nSPS) is 37.5. The lowest BCUT2D eigenvalue weighted by Gasteiger charge is -2.63. The van der Waals surface area contributed by atoms with E-state index in [0.29, 0.717) is 35.1 Å². The minimum Gasteiger partial charge on any atom is -0.493 e. The lowest BCUT2D eigenvalue weighted by atomic mass is 9.46. The number of ether oxygens (including phenoxy) is 3. The van der Waals surface area contributed by atoms with E-state index in [1.807, 2.05) is 0 Å².